The van der Waals surface area contributed by atoms with Gasteiger partial charge in [0.2, 0.25) is 0 Å². The SMILES string of the molecule is Cc1ncsc1-c1ccc(C#N)c(OC2CCN(C(=O)OC(C)(C)C)CC2)c1. The molecule has 28 heavy (non-hydrogen) atoms. The Bertz CT molecular complexity index is 887. The molecular weight excluding hydrogens is 374 g/mol. The molecule has 1 fully saturated rings. The van der Waals surface area contributed by atoms with Crippen LogP contribution in [0.15, 0.2) is 23.7 Å². The number of rotatable bonds is 3. The van der Waals surface area contributed by atoms with Gasteiger partial charge in [0.15, 0.2) is 0 Å². The second-order valence-electron chi connectivity index (χ2n) is 7.87. The van der Waals surface area contributed by atoms with Gasteiger partial charge in [-0.25, -0.2) is 9.78 Å². The standard InChI is InChI=1S/C21H25N3O3S/c1-14-19(28-13-23-14)15-5-6-16(12-22)18(11-15)26-17-7-9-24(10-8-17)20(25)27-21(2,3)4/h5-6,11,13,17H,7-10H2,1-4H3. The molecule has 1 aromatic heterocycles. The van der Waals surface area contributed by atoms with Crippen LogP contribution < -0.4 is 4.74 Å². The normalized spacial score (nSPS) is 15.2. The molecule has 1 aliphatic heterocycles. The van der Waals surface area contributed by atoms with Crippen molar-refractivity contribution < 1.29 is 14.3 Å². The monoisotopic (exact) mass is 399 g/mol. The molecule has 3 rings (SSSR count). The highest BCUT2D eigenvalue weighted by Crippen LogP contribution is 2.33. The fourth-order valence-corrected chi connectivity index (χ4v) is 3.90. The van der Waals surface area contributed by atoms with Crippen LogP contribution in [0, 0.1) is 18.3 Å². The van der Waals surface area contributed by atoms with Gasteiger partial charge in [0.05, 0.1) is 21.6 Å². The lowest BCUT2D eigenvalue weighted by atomic mass is 10.1. The van der Waals surface area contributed by atoms with E-state index in [1.54, 1.807) is 22.3 Å². The van der Waals surface area contributed by atoms with Crippen molar-refractivity contribution in [1.29, 1.82) is 5.26 Å². The predicted molar refractivity (Wildman–Crippen MR) is 108 cm³/mol. The first-order valence-electron chi connectivity index (χ1n) is 9.36. The molecule has 1 saturated heterocycles. The first-order chi connectivity index (χ1) is 13.3. The van der Waals surface area contributed by atoms with Gasteiger partial charge in [-0.3, -0.25) is 0 Å². The van der Waals surface area contributed by atoms with Gasteiger partial charge in [0.1, 0.15) is 23.5 Å². The van der Waals surface area contributed by atoms with Crippen LogP contribution in [0.5, 0.6) is 5.75 Å². The Morgan fingerprint density at radius 2 is 2.04 bits per heavy atom. The maximum atomic E-state index is 12.2. The molecule has 2 aromatic rings. The van der Waals surface area contributed by atoms with Crippen LogP contribution in [0.25, 0.3) is 10.4 Å². The van der Waals surface area contributed by atoms with E-state index in [4.69, 9.17) is 9.47 Å². The van der Waals surface area contributed by atoms with Gasteiger partial charge in [-0.2, -0.15) is 5.26 Å². The summed E-state index contributed by atoms with van der Waals surface area (Å²) in [5, 5.41) is 9.44. The fourth-order valence-electron chi connectivity index (χ4n) is 3.09. The maximum Gasteiger partial charge on any atom is 0.410 e. The molecule has 7 heteroatoms. The van der Waals surface area contributed by atoms with E-state index in [1.807, 2.05) is 45.3 Å². The number of ether oxygens (including phenoxy) is 2. The highest BCUT2D eigenvalue weighted by Gasteiger charge is 2.28. The maximum absolute atomic E-state index is 12.2. The second-order valence-corrected chi connectivity index (χ2v) is 8.73. The first-order valence-corrected chi connectivity index (χ1v) is 10.2. The van der Waals surface area contributed by atoms with Gasteiger partial charge in [0.25, 0.3) is 0 Å². The van der Waals surface area contributed by atoms with E-state index in [-0.39, 0.29) is 12.2 Å². The minimum Gasteiger partial charge on any atom is -0.489 e. The van der Waals surface area contributed by atoms with E-state index in [0.29, 0.717) is 37.2 Å². The summed E-state index contributed by atoms with van der Waals surface area (Å²) in [6.45, 7) is 8.72. The van der Waals surface area contributed by atoms with Crippen LogP contribution in [-0.4, -0.2) is 40.8 Å². The molecule has 0 radical (unpaired) electrons. The summed E-state index contributed by atoms with van der Waals surface area (Å²) in [6, 6.07) is 7.84. The Balaban J connectivity index is 1.67. The fraction of sp³-hybridized carbons (Fsp3) is 0.476. The van der Waals surface area contributed by atoms with Crippen molar-refractivity contribution in [2.24, 2.45) is 0 Å². The third-order valence-corrected chi connectivity index (χ3v) is 5.47. The van der Waals surface area contributed by atoms with E-state index < -0.39 is 5.60 Å². The number of likely N-dealkylation sites (tertiary alicyclic amines) is 1. The molecule has 0 N–H and O–H groups in total. The number of carbonyl (C=O) groups excluding carboxylic acids is 1. The van der Waals surface area contributed by atoms with Gasteiger partial charge < -0.3 is 14.4 Å². The van der Waals surface area contributed by atoms with Gasteiger partial charge in [-0.15, -0.1) is 11.3 Å². The number of aromatic nitrogens is 1. The minimum atomic E-state index is -0.499. The number of aryl methyl sites for hydroxylation is 1. The molecule has 0 saturated carbocycles. The summed E-state index contributed by atoms with van der Waals surface area (Å²) < 4.78 is 11.6. The quantitative estimate of drug-likeness (QED) is 0.743. The van der Waals surface area contributed by atoms with Crippen LogP contribution in [0.2, 0.25) is 0 Å². The molecule has 0 unspecified atom stereocenters. The van der Waals surface area contributed by atoms with Crippen LogP contribution >= 0.6 is 11.3 Å². The molecule has 148 valence electrons. The van der Waals surface area contributed by atoms with E-state index in [2.05, 4.69) is 11.1 Å². The highest BCUT2D eigenvalue weighted by molar-refractivity contribution is 7.13. The Labute approximate surface area is 169 Å². The average molecular weight is 400 g/mol. The van der Waals surface area contributed by atoms with E-state index in [1.165, 1.54) is 0 Å². The third kappa shape index (κ3) is 4.82. The number of piperidine rings is 1. The van der Waals surface area contributed by atoms with Crippen molar-refractivity contribution in [3.8, 4) is 22.3 Å². The summed E-state index contributed by atoms with van der Waals surface area (Å²) in [5.41, 5.74) is 3.80. The van der Waals surface area contributed by atoms with Crippen molar-refractivity contribution in [2.75, 3.05) is 13.1 Å². The molecule has 0 aliphatic carbocycles. The van der Waals surface area contributed by atoms with Crippen molar-refractivity contribution in [3.05, 3.63) is 35.0 Å². The summed E-state index contributed by atoms with van der Waals surface area (Å²) in [5.74, 6) is 0.587. The average Bonchev–Trinajstić information content (AvgIpc) is 3.07. The van der Waals surface area contributed by atoms with Crippen molar-refractivity contribution in [1.82, 2.24) is 9.88 Å². The molecule has 1 amide bonds. The second kappa shape index (κ2) is 8.19. The lowest BCUT2D eigenvalue weighted by Gasteiger charge is -2.33. The Hall–Kier alpha value is -2.59. The highest BCUT2D eigenvalue weighted by atomic mass is 32.1. The number of nitriles is 1. The van der Waals surface area contributed by atoms with Crippen molar-refractivity contribution >= 4 is 17.4 Å². The smallest absolute Gasteiger partial charge is 0.410 e. The van der Waals surface area contributed by atoms with Gasteiger partial charge >= 0.3 is 6.09 Å². The third-order valence-electron chi connectivity index (χ3n) is 4.50. The van der Waals surface area contributed by atoms with Crippen molar-refractivity contribution in [3.63, 3.8) is 0 Å². The molecule has 0 bridgehead atoms. The van der Waals surface area contributed by atoms with Crippen molar-refractivity contribution in [2.45, 2.75) is 52.2 Å². The lowest BCUT2D eigenvalue weighted by Crippen LogP contribution is -2.44. The zero-order chi connectivity index (χ0) is 20.3. The van der Waals surface area contributed by atoms with Crippen LogP contribution in [0.3, 0.4) is 0 Å². The van der Waals surface area contributed by atoms with Crippen LogP contribution in [0.4, 0.5) is 4.79 Å². The van der Waals surface area contributed by atoms with E-state index >= 15 is 0 Å². The first kappa shape index (κ1) is 20.2. The molecule has 1 aromatic carbocycles. The number of carbonyl (C=O) groups is 1. The largest absolute Gasteiger partial charge is 0.489 e. The van der Waals surface area contributed by atoms with Gasteiger partial charge in [0, 0.05) is 25.9 Å². The number of hydrogen-bond donors (Lipinski definition) is 0. The summed E-state index contributed by atoms with van der Waals surface area (Å²) >= 11 is 1.57. The summed E-state index contributed by atoms with van der Waals surface area (Å²) in [7, 11) is 0. The Morgan fingerprint density at radius 3 is 2.61 bits per heavy atom. The van der Waals surface area contributed by atoms with E-state index in [9.17, 15) is 10.1 Å². The molecular formula is C21H25N3O3S. The summed E-state index contributed by atoms with van der Waals surface area (Å²) in [4.78, 5) is 19.3. The predicted octanol–water partition coefficient (Wildman–Crippen LogP) is 4.77. The Kier molecular flexibility index (Phi) is 5.90. The van der Waals surface area contributed by atoms with Gasteiger partial charge in [-0.05, 0) is 45.4 Å². The number of benzene rings is 1. The molecule has 1 aliphatic rings. The number of amides is 1. The zero-order valence-electron chi connectivity index (χ0n) is 16.7. The molecule has 0 spiro atoms. The number of hydrogen-bond acceptors (Lipinski definition) is 6. The molecule has 6 nitrogen and oxygen atoms in total. The molecule has 2 heterocycles. The van der Waals surface area contributed by atoms with Gasteiger partial charge in [-0.1, -0.05) is 6.07 Å². The van der Waals surface area contributed by atoms with Crippen LogP contribution in [-0.2, 0) is 4.74 Å². The van der Waals surface area contributed by atoms with Crippen LogP contribution in [0.1, 0.15) is 44.9 Å². The number of nitrogens with zero attached hydrogens (tertiary/aromatic N) is 3. The topological polar surface area (TPSA) is 75.5 Å². The Morgan fingerprint density at radius 1 is 1.32 bits per heavy atom. The number of thiazole rings is 1. The van der Waals surface area contributed by atoms with E-state index in [0.717, 1.165) is 16.1 Å². The lowest BCUT2D eigenvalue weighted by molar-refractivity contribution is 0.0126. The zero-order valence-corrected chi connectivity index (χ0v) is 17.5. The summed E-state index contributed by atoms with van der Waals surface area (Å²) in [6.07, 6.45) is 1.08. The minimum absolute atomic E-state index is 0.0383. The molecule has 0 atom stereocenters.